The van der Waals surface area contributed by atoms with Crippen LogP contribution in [0.2, 0.25) is 5.02 Å². The topological polar surface area (TPSA) is 75.8 Å². The van der Waals surface area contributed by atoms with Crippen molar-refractivity contribution in [1.29, 1.82) is 0 Å². The highest BCUT2D eigenvalue weighted by Crippen LogP contribution is 2.24. The second-order valence-electron chi connectivity index (χ2n) is 3.72. The van der Waals surface area contributed by atoms with Crippen molar-refractivity contribution in [2.45, 2.75) is 0 Å². The van der Waals surface area contributed by atoms with E-state index in [2.05, 4.69) is 0 Å². The zero-order valence-corrected chi connectivity index (χ0v) is 11.0. The van der Waals surface area contributed by atoms with Gasteiger partial charge in [-0.3, -0.25) is 4.79 Å². The minimum atomic E-state index is -0.265. The van der Waals surface area contributed by atoms with Crippen molar-refractivity contribution in [1.82, 2.24) is 4.90 Å². The molecular weight excluding hydrogens is 256 g/mol. The van der Waals surface area contributed by atoms with Gasteiger partial charge < -0.3 is 20.5 Å². The van der Waals surface area contributed by atoms with Gasteiger partial charge in [0.25, 0.3) is 5.91 Å². The van der Waals surface area contributed by atoms with E-state index in [1.165, 1.54) is 4.90 Å². The molecule has 1 amide bonds. The number of carbonyl (C=O) groups excluding carboxylic acids is 1. The highest BCUT2D eigenvalue weighted by molar-refractivity contribution is 6.36. The number of ether oxygens (including phenoxy) is 1. The average molecular weight is 273 g/mol. The third-order valence-electron chi connectivity index (χ3n) is 2.48. The molecule has 0 bridgehead atoms. The van der Waals surface area contributed by atoms with Crippen LogP contribution in [-0.4, -0.2) is 49.3 Å². The Bertz CT molecular complexity index is 412. The number of halogens is 1. The fourth-order valence-electron chi connectivity index (χ4n) is 1.52. The lowest BCUT2D eigenvalue weighted by Crippen LogP contribution is -2.36. The number of rotatable bonds is 6. The number of anilines is 1. The molecule has 0 aliphatic heterocycles. The first-order chi connectivity index (χ1) is 8.61. The van der Waals surface area contributed by atoms with E-state index in [4.69, 9.17) is 27.2 Å². The zero-order chi connectivity index (χ0) is 13.5. The van der Waals surface area contributed by atoms with Gasteiger partial charge in [0.05, 0.1) is 29.5 Å². The van der Waals surface area contributed by atoms with Crippen LogP contribution < -0.4 is 5.73 Å². The Morgan fingerprint density at radius 3 is 2.83 bits per heavy atom. The van der Waals surface area contributed by atoms with Crippen molar-refractivity contribution in [3.63, 3.8) is 0 Å². The average Bonchev–Trinajstić information content (AvgIpc) is 2.37. The summed E-state index contributed by atoms with van der Waals surface area (Å²) in [6.07, 6.45) is 0. The number of benzene rings is 1. The molecule has 6 heteroatoms. The second-order valence-corrected chi connectivity index (χ2v) is 4.10. The smallest absolute Gasteiger partial charge is 0.255 e. The molecule has 1 aromatic carbocycles. The van der Waals surface area contributed by atoms with Gasteiger partial charge in [0.15, 0.2) is 0 Å². The molecule has 5 nitrogen and oxygen atoms in total. The van der Waals surface area contributed by atoms with Gasteiger partial charge in [-0.1, -0.05) is 17.7 Å². The van der Waals surface area contributed by atoms with Crippen LogP contribution in [-0.2, 0) is 4.74 Å². The monoisotopic (exact) mass is 272 g/mol. The van der Waals surface area contributed by atoms with E-state index in [1.807, 2.05) is 0 Å². The van der Waals surface area contributed by atoms with Crippen LogP contribution >= 0.6 is 11.6 Å². The largest absolute Gasteiger partial charge is 0.398 e. The molecular formula is C12H17ClN2O3. The second kappa shape index (κ2) is 7.20. The molecule has 0 radical (unpaired) electrons. The lowest BCUT2D eigenvalue weighted by Gasteiger charge is -2.22. The maximum atomic E-state index is 12.2. The Hall–Kier alpha value is -1.30. The number of methoxy groups -OCH3 is 1. The fraction of sp³-hybridized carbons (Fsp3) is 0.417. The van der Waals surface area contributed by atoms with Crippen LogP contribution in [0.25, 0.3) is 0 Å². The summed E-state index contributed by atoms with van der Waals surface area (Å²) in [6, 6.07) is 4.91. The number of aliphatic hydroxyl groups is 1. The lowest BCUT2D eigenvalue weighted by atomic mass is 10.1. The molecule has 0 heterocycles. The summed E-state index contributed by atoms with van der Waals surface area (Å²) >= 11 is 6.00. The Balaban J connectivity index is 2.90. The number of nitrogens with zero attached hydrogens (tertiary/aromatic N) is 1. The van der Waals surface area contributed by atoms with E-state index in [1.54, 1.807) is 25.3 Å². The standard InChI is InChI=1S/C12H17ClN2O3/c1-18-8-6-15(5-7-16)12(17)9-3-2-4-10(14)11(9)13/h2-4,16H,5-8,14H2,1H3. The quantitative estimate of drug-likeness (QED) is 0.758. The third-order valence-corrected chi connectivity index (χ3v) is 2.90. The van der Waals surface area contributed by atoms with E-state index >= 15 is 0 Å². The first kappa shape index (κ1) is 14.8. The van der Waals surface area contributed by atoms with Crippen molar-refractivity contribution < 1.29 is 14.6 Å². The zero-order valence-electron chi connectivity index (χ0n) is 10.2. The normalized spacial score (nSPS) is 10.4. The molecule has 0 spiro atoms. The number of hydrogen-bond acceptors (Lipinski definition) is 4. The molecule has 0 aliphatic rings. The molecule has 100 valence electrons. The molecule has 0 saturated heterocycles. The summed E-state index contributed by atoms with van der Waals surface area (Å²) < 4.78 is 4.93. The summed E-state index contributed by atoms with van der Waals surface area (Å²) in [6.45, 7) is 0.898. The first-order valence-corrected chi connectivity index (χ1v) is 5.92. The number of aliphatic hydroxyl groups excluding tert-OH is 1. The lowest BCUT2D eigenvalue weighted by molar-refractivity contribution is 0.0656. The molecule has 0 aliphatic carbocycles. The summed E-state index contributed by atoms with van der Waals surface area (Å²) in [5.41, 5.74) is 6.35. The number of nitrogens with two attached hydrogens (primary N) is 1. The number of hydrogen-bond donors (Lipinski definition) is 2. The predicted molar refractivity (Wildman–Crippen MR) is 70.7 cm³/mol. The highest BCUT2D eigenvalue weighted by Gasteiger charge is 2.18. The molecule has 0 aromatic heterocycles. The van der Waals surface area contributed by atoms with Gasteiger partial charge in [-0.2, -0.15) is 0 Å². The van der Waals surface area contributed by atoms with E-state index in [9.17, 15) is 4.79 Å². The van der Waals surface area contributed by atoms with Gasteiger partial charge in [-0.25, -0.2) is 0 Å². The maximum Gasteiger partial charge on any atom is 0.255 e. The summed E-state index contributed by atoms with van der Waals surface area (Å²) in [7, 11) is 1.55. The minimum Gasteiger partial charge on any atom is -0.398 e. The van der Waals surface area contributed by atoms with E-state index in [0.29, 0.717) is 24.4 Å². The summed E-state index contributed by atoms with van der Waals surface area (Å²) in [5, 5.41) is 9.20. The SMILES string of the molecule is COCCN(CCO)C(=O)c1cccc(N)c1Cl. The van der Waals surface area contributed by atoms with Crippen LogP contribution in [0.4, 0.5) is 5.69 Å². The van der Waals surface area contributed by atoms with Crippen molar-refractivity contribution in [3.05, 3.63) is 28.8 Å². The van der Waals surface area contributed by atoms with Gasteiger partial charge in [-0.05, 0) is 12.1 Å². The fourth-order valence-corrected chi connectivity index (χ4v) is 1.73. The molecule has 1 aromatic rings. The van der Waals surface area contributed by atoms with Crippen LogP contribution in [0.3, 0.4) is 0 Å². The number of carbonyl (C=O) groups is 1. The van der Waals surface area contributed by atoms with Crippen molar-refractivity contribution in [2.75, 3.05) is 39.1 Å². The van der Waals surface area contributed by atoms with Crippen molar-refractivity contribution >= 4 is 23.2 Å². The summed E-state index contributed by atoms with van der Waals surface area (Å²) in [5.74, 6) is -0.265. The van der Waals surface area contributed by atoms with Gasteiger partial charge in [0.1, 0.15) is 0 Å². The van der Waals surface area contributed by atoms with Gasteiger partial charge in [0.2, 0.25) is 0 Å². The van der Waals surface area contributed by atoms with Crippen molar-refractivity contribution in [2.24, 2.45) is 0 Å². The van der Waals surface area contributed by atoms with Crippen LogP contribution in [0, 0.1) is 0 Å². The Kier molecular flexibility index (Phi) is 5.91. The number of nitrogen functional groups attached to an aromatic ring is 1. The van der Waals surface area contributed by atoms with Gasteiger partial charge >= 0.3 is 0 Å². The van der Waals surface area contributed by atoms with Gasteiger partial charge in [-0.15, -0.1) is 0 Å². The van der Waals surface area contributed by atoms with Crippen LogP contribution in [0.1, 0.15) is 10.4 Å². The van der Waals surface area contributed by atoms with E-state index in [-0.39, 0.29) is 24.1 Å². The third kappa shape index (κ3) is 3.60. The molecule has 0 saturated carbocycles. The Morgan fingerprint density at radius 1 is 1.50 bits per heavy atom. The predicted octanol–water partition coefficient (Wildman–Crippen LogP) is 1.00. The van der Waals surface area contributed by atoms with E-state index in [0.717, 1.165) is 0 Å². The molecule has 1 rings (SSSR count). The first-order valence-electron chi connectivity index (χ1n) is 5.55. The molecule has 0 fully saturated rings. The molecule has 3 N–H and O–H groups in total. The summed E-state index contributed by atoms with van der Waals surface area (Å²) in [4.78, 5) is 13.7. The molecule has 0 unspecified atom stereocenters. The maximum absolute atomic E-state index is 12.2. The van der Waals surface area contributed by atoms with Crippen LogP contribution in [0.15, 0.2) is 18.2 Å². The van der Waals surface area contributed by atoms with Gasteiger partial charge in [0, 0.05) is 20.2 Å². The molecule has 0 atom stereocenters. The minimum absolute atomic E-state index is 0.116. The Morgan fingerprint density at radius 2 is 2.22 bits per heavy atom. The van der Waals surface area contributed by atoms with Crippen LogP contribution in [0.5, 0.6) is 0 Å². The van der Waals surface area contributed by atoms with E-state index < -0.39 is 0 Å². The Labute approximate surface area is 111 Å². The molecule has 18 heavy (non-hydrogen) atoms. The highest BCUT2D eigenvalue weighted by atomic mass is 35.5. The van der Waals surface area contributed by atoms with Crippen molar-refractivity contribution in [3.8, 4) is 0 Å². The number of amides is 1.